The lowest BCUT2D eigenvalue weighted by molar-refractivity contribution is 0.338. The zero-order valence-corrected chi connectivity index (χ0v) is 12.8. The largest absolute Gasteiger partial charge is 0.0880 e. The average Bonchev–Trinajstić information content (AvgIpc) is 2.93. The van der Waals surface area contributed by atoms with E-state index < -0.39 is 0 Å². The molecule has 0 radical (unpaired) electrons. The molecule has 0 N–H and O–H groups in total. The van der Waals surface area contributed by atoms with Crippen LogP contribution in [0.15, 0.2) is 12.2 Å². The summed E-state index contributed by atoms with van der Waals surface area (Å²) >= 11 is 0. The van der Waals surface area contributed by atoms with Gasteiger partial charge in [0.1, 0.15) is 0 Å². The minimum atomic E-state index is 0.606. The van der Waals surface area contributed by atoms with E-state index in [1.165, 1.54) is 25.7 Å². The highest BCUT2D eigenvalue weighted by Crippen LogP contribution is 2.58. The van der Waals surface area contributed by atoms with Gasteiger partial charge in [-0.25, -0.2) is 0 Å². The Morgan fingerprint density at radius 3 is 2.18 bits per heavy atom. The lowest BCUT2D eigenvalue weighted by atomic mass is 9.86. The third kappa shape index (κ3) is 3.60. The summed E-state index contributed by atoms with van der Waals surface area (Å²) in [6.45, 7) is 14.2. The molecule has 0 aliphatic heterocycles. The first-order chi connectivity index (χ1) is 7.95. The van der Waals surface area contributed by atoms with Gasteiger partial charge in [-0.1, -0.05) is 66.5 Å². The van der Waals surface area contributed by atoms with Crippen molar-refractivity contribution in [2.45, 2.75) is 67.2 Å². The summed E-state index contributed by atoms with van der Waals surface area (Å²) in [6.07, 6.45) is 10.3. The van der Waals surface area contributed by atoms with E-state index in [0.29, 0.717) is 5.41 Å². The van der Waals surface area contributed by atoms with Crippen molar-refractivity contribution in [1.29, 1.82) is 0 Å². The molecule has 1 aliphatic rings. The van der Waals surface area contributed by atoms with E-state index in [1.807, 2.05) is 0 Å². The van der Waals surface area contributed by atoms with Gasteiger partial charge < -0.3 is 0 Å². The molecule has 3 unspecified atom stereocenters. The van der Waals surface area contributed by atoms with Crippen LogP contribution >= 0.6 is 0 Å². The molecule has 1 aliphatic carbocycles. The van der Waals surface area contributed by atoms with E-state index in [1.54, 1.807) is 0 Å². The number of hydrogen-bond donors (Lipinski definition) is 0. The maximum atomic E-state index is 2.50. The Hall–Kier alpha value is -0.260. The van der Waals surface area contributed by atoms with Crippen LogP contribution in [0.25, 0.3) is 0 Å². The van der Waals surface area contributed by atoms with Crippen LogP contribution in [0.2, 0.25) is 0 Å². The van der Waals surface area contributed by atoms with Gasteiger partial charge in [-0.05, 0) is 41.9 Å². The highest BCUT2D eigenvalue weighted by Gasteiger charge is 2.50. The monoisotopic (exact) mass is 236 g/mol. The van der Waals surface area contributed by atoms with E-state index in [2.05, 4.69) is 53.7 Å². The molecule has 0 saturated heterocycles. The van der Waals surface area contributed by atoms with Crippen LogP contribution in [0.3, 0.4) is 0 Å². The quantitative estimate of drug-likeness (QED) is 0.498. The highest BCUT2D eigenvalue weighted by molar-refractivity contribution is 5.11. The molecule has 0 aromatic rings. The first-order valence-electron chi connectivity index (χ1n) is 7.62. The Kier molecular flexibility index (Phi) is 5.28. The Morgan fingerprint density at radius 2 is 1.76 bits per heavy atom. The average molecular weight is 236 g/mol. The summed E-state index contributed by atoms with van der Waals surface area (Å²) in [5.41, 5.74) is 0.606. The van der Waals surface area contributed by atoms with Crippen molar-refractivity contribution in [3.05, 3.63) is 12.2 Å². The van der Waals surface area contributed by atoms with E-state index in [4.69, 9.17) is 0 Å². The van der Waals surface area contributed by atoms with Gasteiger partial charge in [0.05, 0.1) is 0 Å². The molecule has 0 heteroatoms. The molecule has 0 spiro atoms. The Balaban J connectivity index is 2.33. The summed E-state index contributed by atoms with van der Waals surface area (Å²) in [6, 6.07) is 0. The van der Waals surface area contributed by atoms with Crippen molar-refractivity contribution >= 4 is 0 Å². The smallest absolute Gasteiger partial charge is 0.0171 e. The molecule has 1 fully saturated rings. The zero-order valence-electron chi connectivity index (χ0n) is 12.8. The SMILES string of the molecule is CCC(CC)C(C)CC=CC1CC1(C)C(C)C. The van der Waals surface area contributed by atoms with Gasteiger partial charge in [0.15, 0.2) is 0 Å². The normalized spacial score (nSPS) is 30.5. The Bertz CT molecular complexity index is 247. The number of allylic oxidation sites excluding steroid dienone is 2. The number of rotatable bonds is 7. The first kappa shape index (κ1) is 14.8. The van der Waals surface area contributed by atoms with Crippen LogP contribution in [0, 0.1) is 29.1 Å². The van der Waals surface area contributed by atoms with Crippen molar-refractivity contribution in [3.63, 3.8) is 0 Å². The van der Waals surface area contributed by atoms with Gasteiger partial charge in [0, 0.05) is 0 Å². The molecular formula is C17H32. The minimum absolute atomic E-state index is 0.606. The molecule has 1 rings (SSSR count). The van der Waals surface area contributed by atoms with Crippen LogP contribution in [0.5, 0.6) is 0 Å². The molecule has 1 saturated carbocycles. The summed E-state index contributed by atoms with van der Waals surface area (Å²) in [5, 5.41) is 0. The van der Waals surface area contributed by atoms with Gasteiger partial charge in [0.2, 0.25) is 0 Å². The Morgan fingerprint density at radius 1 is 1.18 bits per heavy atom. The number of hydrogen-bond acceptors (Lipinski definition) is 0. The van der Waals surface area contributed by atoms with E-state index >= 15 is 0 Å². The second-order valence-electron chi connectivity index (χ2n) is 6.69. The summed E-state index contributed by atoms with van der Waals surface area (Å²) in [4.78, 5) is 0. The van der Waals surface area contributed by atoms with Crippen molar-refractivity contribution in [2.75, 3.05) is 0 Å². The van der Waals surface area contributed by atoms with Crippen molar-refractivity contribution in [3.8, 4) is 0 Å². The molecular weight excluding hydrogens is 204 g/mol. The van der Waals surface area contributed by atoms with Crippen molar-refractivity contribution < 1.29 is 0 Å². The lowest BCUT2D eigenvalue weighted by Gasteiger charge is -2.19. The minimum Gasteiger partial charge on any atom is -0.0880 e. The fourth-order valence-electron chi connectivity index (χ4n) is 3.11. The molecule has 17 heavy (non-hydrogen) atoms. The molecule has 0 amide bonds. The first-order valence-corrected chi connectivity index (χ1v) is 7.62. The van der Waals surface area contributed by atoms with Gasteiger partial charge in [0.25, 0.3) is 0 Å². The summed E-state index contributed by atoms with van der Waals surface area (Å²) in [5.74, 6) is 3.45. The van der Waals surface area contributed by atoms with Gasteiger partial charge in [-0.15, -0.1) is 0 Å². The third-order valence-corrected chi connectivity index (χ3v) is 5.40. The Labute approximate surface area is 109 Å². The van der Waals surface area contributed by atoms with E-state index in [0.717, 1.165) is 23.7 Å². The predicted molar refractivity (Wildman–Crippen MR) is 78.0 cm³/mol. The van der Waals surface area contributed by atoms with Crippen molar-refractivity contribution in [2.24, 2.45) is 29.1 Å². The molecule has 3 atom stereocenters. The molecule has 0 aromatic heterocycles. The third-order valence-electron chi connectivity index (χ3n) is 5.40. The van der Waals surface area contributed by atoms with Crippen molar-refractivity contribution in [1.82, 2.24) is 0 Å². The van der Waals surface area contributed by atoms with Crippen LogP contribution in [-0.4, -0.2) is 0 Å². The highest BCUT2D eigenvalue weighted by atomic mass is 14.5. The van der Waals surface area contributed by atoms with Gasteiger partial charge in [-0.3, -0.25) is 0 Å². The fourth-order valence-corrected chi connectivity index (χ4v) is 3.11. The van der Waals surface area contributed by atoms with Gasteiger partial charge in [-0.2, -0.15) is 0 Å². The van der Waals surface area contributed by atoms with E-state index in [-0.39, 0.29) is 0 Å². The van der Waals surface area contributed by atoms with Gasteiger partial charge >= 0.3 is 0 Å². The van der Waals surface area contributed by atoms with Crippen LogP contribution in [0.4, 0.5) is 0 Å². The molecule has 0 aromatic carbocycles. The topological polar surface area (TPSA) is 0 Å². The maximum Gasteiger partial charge on any atom is -0.0171 e. The van der Waals surface area contributed by atoms with E-state index in [9.17, 15) is 0 Å². The summed E-state index contributed by atoms with van der Waals surface area (Å²) < 4.78 is 0. The molecule has 0 bridgehead atoms. The second-order valence-corrected chi connectivity index (χ2v) is 6.69. The predicted octanol–water partition coefficient (Wildman–Crippen LogP) is 5.69. The van der Waals surface area contributed by atoms with Crippen LogP contribution in [-0.2, 0) is 0 Å². The van der Waals surface area contributed by atoms with Crippen LogP contribution < -0.4 is 0 Å². The standard InChI is InChI=1S/C17H32/c1-7-15(8-2)14(5)10-9-11-16-12-17(16,6)13(3)4/h9,11,13-16H,7-8,10,12H2,1-6H3. The molecule has 0 heterocycles. The second kappa shape index (κ2) is 6.07. The zero-order chi connectivity index (χ0) is 13.1. The molecule has 100 valence electrons. The lowest BCUT2D eigenvalue weighted by Crippen LogP contribution is -2.09. The summed E-state index contributed by atoms with van der Waals surface area (Å²) in [7, 11) is 0. The molecule has 0 nitrogen and oxygen atoms in total. The maximum absolute atomic E-state index is 2.50. The van der Waals surface area contributed by atoms with Crippen LogP contribution in [0.1, 0.15) is 67.2 Å². The fraction of sp³-hybridized carbons (Fsp3) is 0.882.